The predicted octanol–water partition coefficient (Wildman–Crippen LogP) is 1.07. The summed E-state index contributed by atoms with van der Waals surface area (Å²) in [6.07, 6.45) is 1.16. The molecule has 1 aromatic carbocycles. The van der Waals surface area contributed by atoms with Crippen molar-refractivity contribution < 1.29 is 33.3 Å². The number of carbonyl (C=O) groups is 2. The van der Waals surface area contributed by atoms with Crippen LogP contribution in [0.5, 0.6) is 11.5 Å². The lowest BCUT2D eigenvalue weighted by molar-refractivity contribution is -0.148. The first-order valence-electron chi connectivity index (χ1n) is 6.77. The van der Waals surface area contributed by atoms with Crippen molar-refractivity contribution in [2.75, 3.05) is 39.4 Å². The van der Waals surface area contributed by atoms with Gasteiger partial charge < -0.3 is 29.0 Å². The van der Waals surface area contributed by atoms with Gasteiger partial charge in [0.15, 0.2) is 6.61 Å². The lowest BCUT2D eigenvalue weighted by Crippen LogP contribution is -2.23. The Kier molecular flexibility index (Phi) is 5.67. The molecule has 124 valence electrons. The zero-order valence-electron chi connectivity index (χ0n) is 12.8. The molecule has 0 aliphatic carbocycles. The number of hydrogen-bond donors (Lipinski definition) is 1. The molecular formula is C15H17NO7. The maximum absolute atomic E-state index is 11.8. The van der Waals surface area contributed by atoms with E-state index in [9.17, 15) is 9.59 Å². The maximum Gasteiger partial charge on any atom is 0.377 e. The number of esters is 1. The number of methoxy groups -OCH3 is 2. The molecule has 23 heavy (non-hydrogen) atoms. The Balaban J connectivity index is 1.89. The molecule has 1 aliphatic heterocycles. The molecule has 0 unspecified atom stereocenters. The Morgan fingerprint density at radius 1 is 1.13 bits per heavy atom. The summed E-state index contributed by atoms with van der Waals surface area (Å²) in [4.78, 5) is 23.5. The molecule has 1 amide bonds. The van der Waals surface area contributed by atoms with Crippen molar-refractivity contribution in [2.24, 2.45) is 0 Å². The van der Waals surface area contributed by atoms with E-state index in [0.29, 0.717) is 23.8 Å². The summed E-state index contributed by atoms with van der Waals surface area (Å²) >= 11 is 0. The van der Waals surface area contributed by atoms with Gasteiger partial charge in [-0.15, -0.1) is 0 Å². The molecule has 8 heteroatoms. The van der Waals surface area contributed by atoms with Gasteiger partial charge in [-0.25, -0.2) is 4.79 Å². The van der Waals surface area contributed by atoms with Gasteiger partial charge in [0.05, 0.1) is 14.2 Å². The second kappa shape index (κ2) is 7.92. The average Bonchev–Trinajstić information content (AvgIpc) is 2.60. The Hall–Kier alpha value is -2.90. The zero-order valence-corrected chi connectivity index (χ0v) is 12.8. The van der Waals surface area contributed by atoms with Crippen molar-refractivity contribution in [3.63, 3.8) is 0 Å². The van der Waals surface area contributed by atoms with Gasteiger partial charge in [0.1, 0.15) is 31.0 Å². The summed E-state index contributed by atoms with van der Waals surface area (Å²) in [6.45, 7) is 0.171. The lowest BCUT2D eigenvalue weighted by Gasteiger charge is -2.14. The molecule has 0 atom stereocenters. The Morgan fingerprint density at radius 2 is 1.83 bits per heavy atom. The lowest BCUT2D eigenvalue weighted by atomic mass is 10.2. The van der Waals surface area contributed by atoms with Gasteiger partial charge in [0.2, 0.25) is 5.76 Å². The first kappa shape index (κ1) is 16.5. The quantitative estimate of drug-likeness (QED) is 0.783. The Bertz CT molecular complexity index is 590. The SMILES string of the molecule is COc1cc(NC(=O)COC(=O)C2=COCCO2)cc(OC)c1. The molecule has 0 saturated carbocycles. The number of benzene rings is 1. The normalized spacial score (nSPS) is 13.0. The van der Waals surface area contributed by atoms with Crippen LogP contribution in [0.25, 0.3) is 0 Å². The second-order valence-corrected chi connectivity index (χ2v) is 4.43. The van der Waals surface area contributed by atoms with Crippen LogP contribution in [0, 0.1) is 0 Å². The number of rotatable bonds is 6. The predicted molar refractivity (Wildman–Crippen MR) is 79.1 cm³/mol. The number of amides is 1. The van der Waals surface area contributed by atoms with E-state index in [2.05, 4.69) is 5.32 Å². The van der Waals surface area contributed by atoms with Crippen LogP contribution in [-0.2, 0) is 23.8 Å². The molecule has 0 bridgehead atoms. The van der Waals surface area contributed by atoms with Crippen molar-refractivity contribution >= 4 is 17.6 Å². The molecule has 1 heterocycles. The summed E-state index contributed by atoms with van der Waals surface area (Å²) < 4.78 is 25.0. The first-order valence-corrected chi connectivity index (χ1v) is 6.77. The fourth-order valence-electron chi connectivity index (χ4n) is 1.75. The number of hydrogen-bond acceptors (Lipinski definition) is 7. The number of carbonyl (C=O) groups excluding carboxylic acids is 2. The fourth-order valence-corrected chi connectivity index (χ4v) is 1.75. The van der Waals surface area contributed by atoms with Crippen molar-refractivity contribution in [2.45, 2.75) is 0 Å². The van der Waals surface area contributed by atoms with Crippen LogP contribution in [-0.4, -0.2) is 45.9 Å². The minimum atomic E-state index is -0.761. The van der Waals surface area contributed by atoms with Gasteiger partial charge in [-0.05, 0) is 0 Å². The summed E-state index contributed by atoms with van der Waals surface area (Å²) in [5, 5.41) is 2.58. The average molecular weight is 323 g/mol. The van der Waals surface area contributed by atoms with E-state index < -0.39 is 18.5 Å². The van der Waals surface area contributed by atoms with Gasteiger partial charge in [-0.2, -0.15) is 0 Å². The monoisotopic (exact) mass is 323 g/mol. The Labute approximate surface area is 132 Å². The van der Waals surface area contributed by atoms with E-state index in [1.807, 2.05) is 0 Å². The first-order chi connectivity index (χ1) is 11.1. The van der Waals surface area contributed by atoms with Crippen LogP contribution < -0.4 is 14.8 Å². The summed E-state index contributed by atoms with van der Waals surface area (Å²) in [7, 11) is 3.00. The van der Waals surface area contributed by atoms with Crippen molar-refractivity contribution in [1.29, 1.82) is 0 Å². The maximum atomic E-state index is 11.8. The second-order valence-electron chi connectivity index (χ2n) is 4.43. The highest BCUT2D eigenvalue weighted by molar-refractivity contribution is 5.94. The molecule has 0 fully saturated rings. The number of anilines is 1. The van der Waals surface area contributed by atoms with E-state index in [1.54, 1.807) is 18.2 Å². The third-order valence-corrected chi connectivity index (χ3v) is 2.82. The van der Waals surface area contributed by atoms with Crippen LogP contribution in [0.1, 0.15) is 0 Å². The molecule has 1 N–H and O–H groups in total. The molecule has 0 radical (unpaired) electrons. The van der Waals surface area contributed by atoms with Gasteiger partial charge in [-0.1, -0.05) is 0 Å². The van der Waals surface area contributed by atoms with E-state index in [4.69, 9.17) is 23.7 Å². The topological polar surface area (TPSA) is 92.3 Å². The summed E-state index contributed by atoms with van der Waals surface area (Å²) in [5.41, 5.74) is 0.457. The molecule has 0 saturated heterocycles. The summed E-state index contributed by atoms with van der Waals surface area (Å²) in [6, 6.07) is 4.90. The third-order valence-electron chi connectivity index (χ3n) is 2.82. The van der Waals surface area contributed by atoms with E-state index in [1.165, 1.54) is 14.2 Å². The Morgan fingerprint density at radius 3 is 2.39 bits per heavy atom. The van der Waals surface area contributed by atoms with Gasteiger partial charge in [0.25, 0.3) is 5.91 Å². The van der Waals surface area contributed by atoms with Crippen LogP contribution in [0.2, 0.25) is 0 Å². The van der Waals surface area contributed by atoms with Gasteiger partial charge in [0, 0.05) is 23.9 Å². The van der Waals surface area contributed by atoms with Crippen molar-refractivity contribution in [3.05, 3.63) is 30.2 Å². The molecule has 8 nitrogen and oxygen atoms in total. The smallest absolute Gasteiger partial charge is 0.377 e. The van der Waals surface area contributed by atoms with Crippen molar-refractivity contribution in [1.82, 2.24) is 0 Å². The van der Waals surface area contributed by atoms with Gasteiger partial charge >= 0.3 is 5.97 Å². The fraction of sp³-hybridized carbons (Fsp3) is 0.333. The minimum Gasteiger partial charge on any atom is -0.497 e. The van der Waals surface area contributed by atoms with Crippen molar-refractivity contribution in [3.8, 4) is 11.5 Å². The van der Waals surface area contributed by atoms with E-state index >= 15 is 0 Å². The third kappa shape index (κ3) is 4.80. The standard InChI is InChI=1S/C15H17NO7/c1-19-11-5-10(6-12(7-11)20-2)16-14(17)9-23-15(18)13-8-21-3-4-22-13/h5-8H,3-4,9H2,1-2H3,(H,16,17). The van der Waals surface area contributed by atoms with E-state index in [-0.39, 0.29) is 12.4 Å². The highest BCUT2D eigenvalue weighted by atomic mass is 16.6. The highest BCUT2D eigenvalue weighted by Gasteiger charge is 2.18. The highest BCUT2D eigenvalue weighted by Crippen LogP contribution is 2.25. The molecular weight excluding hydrogens is 306 g/mol. The largest absolute Gasteiger partial charge is 0.497 e. The summed E-state index contributed by atoms with van der Waals surface area (Å²) in [5.74, 6) is -0.287. The minimum absolute atomic E-state index is 0.0629. The molecule has 2 rings (SSSR count). The van der Waals surface area contributed by atoms with Gasteiger partial charge in [-0.3, -0.25) is 4.79 Å². The van der Waals surface area contributed by atoms with Crippen LogP contribution >= 0.6 is 0 Å². The number of nitrogens with one attached hydrogen (secondary N) is 1. The van der Waals surface area contributed by atoms with E-state index in [0.717, 1.165) is 6.26 Å². The molecule has 0 spiro atoms. The molecule has 1 aliphatic rings. The molecule has 1 aromatic rings. The number of ether oxygens (including phenoxy) is 5. The van der Waals surface area contributed by atoms with Crippen LogP contribution in [0.4, 0.5) is 5.69 Å². The van der Waals surface area contributed by atoms with Crippen LogP contribution in [0.15, 0.2) is 30.2 Å². The molecule has 0 aromatic heterocycles. The van der Waals surface area contributed by atoms with Crippen LogP contribution in [0.3, 0.4) is 0 Å². The zero-order chi connectivity index (χ0) is 16.7.